The van der Waals surface area contributed by atoms with Gasteiger partial charge in [0, 0.05) is 0 Å². The van der Waals surface area contributed by atoms with Crippen molar-refractivity contribution >= 4 is 11.9 Å². The molecular formula is C6H9NO3. The van der Waals surface area contributed by atoms with Crippen molar-refractivity contribution in [1.82, 2.24) is 5.32 Å². The van der Waals surface area contributed by atoms with Gasteiger partial charge in [-0.05, 0) is 6.92 Å². The number of amides is 1. The lowest BCUT2D eigenvalue weighted by molar-refractivity contribution is -0.145. The maximum absolute atomic E-state index is 10.7. The van der Waals surface area contributed by atoms with E-state index >= 15 is 0 Å². The zero-order valence-electron chi connectivity index (χ0n) is 5.72. The number of cyclic esters (lactones) is 1. The highest BCUT2D eigenvalue weighted by atomic mass is 16.5. The second kappa shape index (κ2) is 2.68. The number of ether oxygens (including phenoxy) is 1. The maximum Gasteiger partial charge on any atom is 0.325 e. The summed E-state index contributed by atoms with van der Waals surface area (Å²) in [7, 11) is 0. The summed E-state index contributed by atoms with van der Waals surface area (Å²) in [4.78, 5) is 21.3. The highest BCUT2D eigenvalue weighted by Gasteiger charge is 2.18. The minimum Gasteiger partial charge on any atom is -0.461 e. The summed E-state index contributed by atoms with van der Waals surface area (Å²) in [5, 5.41) is 2.41. The minimum absolute atomic E-state index is 0.00315. The Hall–Kier alpha value is -1.06. The topological polar surface area (TPSA) is 55.4 Å². The molecule has 1 heterocycles. The number of hydrogen-bond acceptors (Lipinski definition) is 3. The Morgan fingerprint density at radius 2 is 2.30 bits per heavy atom. The number of hydrogen-bond donors (Lipinski definition) is 1. The third kappa shape index (κ3) is 1.72. The first-order valence-corrected chi connectivity index (χ1v) is 3.14. The minimum atomic E-state index is -0.363. The molecule has 0 aromatic rings. The van der Waals surface area contributed by atoms with Crippen LogP contribution in [-0.2, 0) is 14.3 Å². The molecule has 0 bridgehead atoms. The molecule has 1 fully saturated rings. The largest absolute Gasteiger partial charge is 0.461 e. The fourth-order valence-electron chi connectivity index (χ4n) is 0.812. The van der Waals surface area contributed by atoms with Crippen LogP contribution in [0.25, 0.3) is 0 Å². The van der Waals surface area contributed by atoms with E-state index in [2.05, 4.69) is 5.32 Å². The molecule has 1 amide bonds. The molecule has 0 aliphatic carbocycles. The molecule has 0 radical (unpaired) electrons. The van der Waals surface area contributed by atoms with Crippen LogP contribution < -0.4 is 5.32 Å². The van der Waals surface area contributed by atoms with Gasteiger partial charge in [-0.3, -0.25) is 9.59 Å². The summed E-state index contributed by atoms with van der Waals surface area (Å²) in [5.41, 5.74) is 0. The van der Waals surface area contributed by atoms with Gasteiger partial charge in [-0.1, -0.05) is 0 Å². The number of nitrogens with one attached hydrogen (secondary N) is 1. The highest BCUT2D eigenvalue weighted by molar-refractivity contribution is 5.84. The van der Waals surface area contributed by atoms with E-state index in [9.17, 15) is 9.59 Å². The van der Waals surface area contributed by atoms with Gasteiger partial charge >= 0.3 is 5.97 Å². The second-order valence-corrected chi connectivity index (χ2v) is 2.28. The molecule has 56 valence electrons. The molecule has 10 heavy (non-hydrogen) atoms. The molecule has 0 aromatic heterocycles. The molecule has 0 spiro atoms. The van der Waals surface area contributed by atoms with Gasteiger partial charge in [0.2, 0.25) is 5.91 Å². The van der Waals surface area contributed by atoms with Gasteiger partial charge in [0.05, 0.1) is 6.42 Å². The summed E-state index contributed by atoms with van der Waals surface area (Å²) in [6.07, 6.45) is -0.0128. The summed E-state index contributed by atoms with van der Waals surface area (Å²) in [6, 6.07) is 0. The Kier molecular flexibility index (Phi) is 1.89. The van der Waals surface area contributed by atoms with Crippen LogP contribution in [0.4, 0.5) is 0 Å². The lowest BCUT2D eigenvalue weighted by atomic mass is 10.3. The molecular weight excluding hydrogens is 134 g/mol. The highest BCUT2D eigenvalue weighted by Crippen LogP contribution is 2.00. The molecule has 0 aromatic carbocycles. The Bertz CT molecular complexity index is 148. The number of carbonyl (C=O) groups is 2. The fraction of sp³-hybridized carbons (Fsp3) is 0.667. The SMILES string of the molecule is CC1CC(=O)NCC(=O)O1. The molecule has 1 aliphatic heterocycles. The molecule has 4 nitrogen and oxygen atoms in total. The number of esters is 1. The van der Waals surface area contributed by atoms with E-state index in [-0.39, 0.29) is 30.9 Å². The molecule has 1 rings (SSSR count). The Balaban J connectivity index is 2.54. The van der Waals surface area contributed by atoms with Crippen LogP contribution in [0.15, 0.2) is 0 Å². The van der Waals surface area contributed by atoms with Crippen molar-refractivity contribution in [3.63, 3.8) is 0 Å². The molecule has 0 saturated carbocycles. The first kappa shape index (κ1) is 7.05. The molecule has 1 N–H and O–H groups in total. The smallest absolute Gasteiger partial charge is 0.325 e. The van der Waals surface area contributed by atoms with Crippen LogP contribution in [0.2, 0.25) is 0 Å². The summed E-state index contributed by atoms with van der Waals surface area (Å²) < 4.78 is 4.76. The van der Waals surface area contributed by atoms with E-state index in [0.717, 1.165) is 0 Å². The molecule has 1 aliphatic rings. The summed E-state index contributed by atoms with van der Waals surface area (Å²) >= 11 is 0. The van der Waals surface area contributed by atoms with E-state index in [1.807, 2.05) is 0 Å². The van der Waals surface area contributed by atoms with Crippen molar-refractivity contribution in [2.24, 2.45) is 0 Å². The maximum atomic E-state index is 10.7. The standard InChI is InChI=1S/C6H9NO3/c1-4-2-5(8)7-3-6(9)10-4/h4H,2-3H2,1H3,(H,7,8). The fourth-order valence-corrected chi connectivity index (χ4v) is 0.812. The van der Waals surface area contributed by atoms with Crippen molar-refractivity contribution in [3.05, 3.63) is 0 Å². The van der Waals surface area contributed by atoms with Gasteiger partial charge < -0.3 is 10.1 Å². The molecule has 1 saturated heterocycles. The van der Waals surface area contributed by atoms with Crippen LogP contribution in [0.1, 0.15) is 13.3 Å². The zero-order chi connectivity index (χ0) is 7.56. The zero-order valence-corrected chi connectivity index (χ0v) is 5.72. The van der Waals surface area contributed by atoms with Crippen LogP contribution in [0.5, 0.6) is 0 Å². The van der Waals surface area contributed by atoms with E-state index in [1.165, 1.54) is 0 Å². The van der Waals surface area contributed by atoms with Gasteiger partial charge in [-0.15, -0.1) is 0 Å². The third-order valence-electron chi connectivity index (χ3n) is 1.24. The average molecular weight is 143 g/mol. The predicted molar refractivity (Wildman–Crippen MR) is 33.2 cm³/mol. The summed E-state index contributed by atoms with van der Waals surface area (Å²) in [5.74, 6) is -0.489. The third-order valence-corrected chi connectivity index (χ3v) is 1.24. The van der Waals surface area contributed by atoms with Crippen molar-refractivity contribution in [2.75, 3.05) is 6.54 Å². The van der Waals surface area contributed by atoms with Gasteiger partial charge in [-0.2, -0.15) is 0 Å². The van der Waals surface area contributed by atoms with Crippen LogP contribution in [0, 0.1) is 0 Å². The van der Waals surface area contributed by atoms with E-state index in [1.54, 1.807) is 6.92 Å². The van der Waals surface area contributed by atoms with Gasteiger partial charge in [-0.25, -0.2) is 0 Å². The molecule has 1 atom stereocenters. The predicted octanol–water partition coefficient (Wildman–Crippen LogP) is -0.562. The van der Waals surface area contributed by atoms with Gasteiger partial charge in [0.25, 0.3) is 0 Å². The quantitative estimate of drug-likeness (QED) is 0.462. The van der Waals surface area contributed by atoms with Crippen molar-refractivity contribution < 1.29 is 14.3 Å². The lowest BCUT2D eigenvalue weighted by Gasteiger charge is -2.04. The molecule has 4 heteroatoms. The lowest BCUT2D eigenvalue weighted by Crippen LogP contribution is -2.25. The number of rotatable bonds is 0. The first-order valence-electron chi connectivity index (χ1n) is 3.14. The van der Waals surface area contributed by atoms with Crippen molar-refractivity contribution in [1.29, 1.82) is 0 Å². The van der Waals surface area contributed by atoms with E-state index in [4.69, 9.17) is 4.74 Å². The van der Waals surface area contributed by atoms with E-state index in [0.29, 0.717) is 0 Å². The van der Waals surface area contributed by atoms with Crippen LogP contribution >= 0.6 is 0 Å². The van der Waals surface area contributed by atoms with Crippen molar-refractivity contribution in [3.8, 4) is 0 Å². The van der Waals surface area contributed by atoms with E-state index < -0.39 is 0 Å². The average Bonchev–Trinajstić information content (AvgIpc) is 1.93. The van der Waals surface area contributed by atoms with Crippen LogP contribution in [0.3, 0.4) is 0 Å². The first-order chi connectivity index (χ1) is 4.68. The Labute approximate surface area is 58.5 Å². The van der Waals surface area contributed by atoms with Crippen molar-refractivity contribution in [2.45, 2.75) is 19.4 Å². The Morgan fingerprint density at radius 3 is 3.00 bits per heavy atom. The second-order valence-electron chi connectivity index (χ2n) is 2.28. The molecule has 1 unspecified atom stereocenters. The number of carbonyl (C=O) groups excluding carboxylic acids is 2. The monoisotopic (exact) mass is 143 g/mol. The normalized spacial score (nSPS) is 26.7. The Morgan fingerprint density at radius 1 is 1.60 bits per heavy atom. The van der Waals surface area contributed by atoms with Crippen LogP contribution in [-0.4, -0.2) is 24.5 Å². The van der Waals surface area contributed by atoms with Gasteiger partial charge in [0.1, 0.15) is 12.6 Å². The van der Waals surface area contributed by atoms with Gasteiger partial charge in [0.15, 0.2) is 0 Å². The summed E-state index contributed by atoms with van der Waals surface area (Å²) in [6.45, 7) is 1.70.